The summed E-state index contributed by atoms with van der Waals surface area (Å²) in [5, 5.41) is 8.92. The normalized spacial score (nSPS) is 10.8. The number of anilines is 1. The lowest BCUT2D eigenvalue weighted by Gasteiger charge is -2.17. The monoisotopic (exact) mass is 398 g/mol. The summed E-state index contributed by atoms with van der Waals surface area (Å²) in [5.74, 6) is -0.574. The van der Waals surface area contributed by atoms with Crippen molar-refractivity contribution in [2.24, 2.45) is 0 Å². The molecule has 0 saturated carbocycles. The number of carbonyl (C=O) groups excluding carboxylic acids is 2. The van der Waals surface area contributed by atoms with E-state index in [1.54, 1.807) is 13.8 Å². The zero-order valence-electron chi connectivity index (χ0n) is 17.8. The van der Waals surface area contributed by atoms with E-state index in [4.69, 9.17) is 0 Å². The Kier molecular flexibility index (Phi) is 7.73. The Morgan fingerprint density at radius 2 is 1.86 bits per heavy atom. The first-order chi connectivity index (χ1) is 13.7. The van der Waals surface area contributed by atoms with Crippen LogP contribution in [0.1, 0.15) is 48.0 Å². The van der Waals surface area contributed by atoms with Gasteiger partial charge in [0, 0.05) is 30.0 Å². The van der Waals surface area contributed by atoms with Gasteiger partial charge < -0.3 is 20.5 Å². The molecule has 0 spiro atoms. The minimum Gasteiger partial charge on any atom is -0.352 e. The molecule has 0 unspecified atom stereocenters. The van der Waals surface area contributed by atoms with E-state index in [1.165, 1.54) is 10.6 Å². The van der Waals surface area contributed by atoms with Gasteiger partial charge in [-0.25, -0.2) is 0 Å². The molecule has 0 atom stereocenters. The van der Waals surface area contributed by atoms with Crippen molar-refractivity contribution < 1.29 is 9.59 Å². The SMILES string of the molecule is CCNCc1cccc(NC(=O)c2c(C)cc(=O)n(CC(=O)NC(C)C)c2C)c1. The van der Waals surface area contributed by atoms with Crippen LogP contribution < -0.4 is 21.5 Å². The summed E-state index contributed by atoms with van der Waals surface area (Å²) < 4.78 is 1.33. The van der Waals surface area contributed by atoms with Gasteiger partial charge in [-0.3, -0.25) is 14.4 Å². The first-order valence-electron chi connectivity index (χ1n) is 9.84. The minimum atomic E-state index is -0.307. The third-order valence-corrected chi connectivity index (χ3v) is 4.51. The molecule has 2 rings (SSSR count). The van der Waals surface area contributed by atoms with Crippen molar-refractivity contribution in [1.29, 1.82) is 0 Å². The molecule has 0 aliphatic rings. The lowest BCUT2D eigenvalue weighted by atomic mass is 10.1. The summed E-state index contributed by atoms with van der Waals surface area (Å²) in [6.07, 6.45) is 0. The highest BCUT2D eigenvalue weighted by molar-refractivity contribution is 6.06. The molecule has 2 aromatic rings. The van der Waals surface area contributed by atoms with Crippen molar-refractivity contribution in [2.75, 3.05) is 11.9 Å². The number of pyridine rings is 1. The number of nitrogens with zero attached hydrogens (tertiary/aromatic N) is 1. The highest BCUT2D eigenvalue weighted by Crippen LogP contribution is 2.16. The molecule has 7 heteroatoms. The van der Waals surface area contributed by atoms with Gasteiger partial charge in [0.2, 0.25) is 5.91 Å². The summed E-state index contributed by atoms with van der Waals surface area (Å²) in [7, 11) is 0. The summed E-state index contributed by atoms with van der Waals surface area (Å²) in [4.78, 5) is 37.5. The van der Waals surface area contributed by atoms with Crippen molar-refractivity contribution in [2.45, 2.75) is 53.8 Å². The Bertz CT molecular complexity index is 948. The molecule has 1 heterocycles. The minimum absolute atomic E-state index is 0.0267. The van der Waals surface area contributed by atoms with E-state index in [0.29, 0.717) is 29.1 Å². The summed E-state index contributed by atoms with van der Waals surface area (Å²) in [6, 6.07) is 8.98. The van der Waals surface area contributed by atoms with Gasteiger partial charge in [0.05, 0.1) is 5.56 Å². The highest BCUT2D eigenvalue weighted by atomic mass is 16.2. The van der Waals surface area contributed by atoms with Crippen molar-refractivity contribution in [3.8, 4) is 0 Å². The van der Waals surface area contributed by atoms with Gasteiger partial charge in [-0.2, -0.15) is 0 Å². The maximum atomic E-state index is 13.0. The third kappa shape index (κ3) is 6.02. The molecule has 0 bridgehead atoms. The maximum absolute atomic E-state index is 13.0. The van der Waals surface area contributed by atoms with Crippen LogP contribution in [-0.2, 0) is 17.9 Å². The molecule has 0 aliphatic heterocycles. The molecule has 1 aromatic heterocycles. The second kappa shape index (κ2) is 10.0. The molecule has 1 aromatic carbocycles. The van der Waals surface area contributed by atoms with Crippen molar-refractivity contribution in [3.63, 3.8) is 0 Å². The van der Waals surface area contributed by atoms with Crippen LogP contribution in [0.4, 0.5) is 5.69 Å². The number of hydrogen-bond donors (Lipinski definition) is 3. The first-order valence-corrected chi connectivity index (χ1v) is 9.84. The molecule has 156 valence electrons. The standard InChI is InChI=1S/C22H30N4O3/c1-6-23-12-17-8-7-9-18(11-17)25-22(29)21-15(4)10-20(28)26(16(21)5)13-19(27)24-14(2)3/h7-11,14,23H,6,12-13H2,1-5H3,(H,24,27)(H,25,29). The van der Waals surface area contributed by atoms with E-state index in [1.807, 2.05) is 45.0 Å². The molecule has 0 fully saturated rings. The number of aromatic nitrogens is 1. The average molecular weight is 399 g/mol. The van der Waals surface area contributed by atoms with E-state index >= 15 is 0 Å². The predicted octanol–water partition coefficient (Wildman–Crippen LogP) is 2.35. The van der Waals surface area contributed by atoms with Gasteiger partial charge in [0.25, 0.3) is 11.5 Å². The molecule has 0 saturated heterocycles. The topological polar surface area (TPSA) is 92.2 Å². The van der Waals surface area contributed by atoms with Crippen molar-refractivity contribution in [3.05, 3.63) is 63.1 Å². The van der Waals surface area contributed by atoms with Gasteiger partial charge in [-0.05, 0) is 57.5 Å². The number of amides is 2. The third-order valence-electron chi connectivity index (χ3n) is 4.51. The Balaban J connectivity index is 2.29. The molecule has 2 amide bonds. The number of aryl methyl sites for hydroxylation is 1. The van der Waals surface area contributed by atoms with E-state index in [-0.39, 0.29) is 30.0 Å². The van der Waals surface area contributed by atoms with Crippen molar-refractivity contribution >= 4 is 17.5 Å². The van der Waals surface area contributed by atoms with E-state index in [9.17, 15) is 14.4 Å². The predicted molar refractivity (Wildman–Crippen MR) is 115 cm³/mol. The fraction of sp³-hybridized carbons (Fsp3) is 0.409. The fourth-order valence-corrected chi connectivity index (χ4v) is 3.19. The molecule has 7 nitrogen and oxygen atoms in total. The summed E-state index contributed by atoms with van der Waals surface area (Å²) >= 11 is 0. The lowest BCUT2D eigenvalue weighted by Crippen LogP contribution is -2.37. The number of hydrogen-bond acceptors (Lipinski definition) is 4. The smallest absolute Gasteiger partial charge is 0.257 e. The second-order valence-electron chi connectivity index (χ2n) is 7.37. The van der Waals surface area contributed by atoms with Crippen LogP contribution in [0.15, 0.2) is 35.1 Å². The van der Waals surface area contributed by atoms with Crippen LogP contribution in [0.25, 0.3) is 0 Å². The average Bonchev–Trinajstić information content (AvgIpc) is 2.63. The molecule has 29 heavy (non-hydrogen) atoms. The zero-order chi connectivity index (χ0) is 21.6. The van der Waals surface area contributed by atoms with Gasteiger partial charge in [0.1, 0.15) is 6.54 Å². The van der Waals surface area contributed by atoms with E-state index < -0.39 is 0 Å². The van der Waals surface area contributed by atoms with E-state index in [0.717, 1.165) is 12.1 Å². The second-order valence-corrected chi connectivity index (χ2v) is 7.37. The van der Waals surface area contributed by atoms with Crippen LogP contribution in [0.5, 0.6) is 0 Å². The van der Waals surface area contributed by atoms with Crippen LogP contribution in [0.2, 0.25) is 0 Å². The van der Waals surface area contributed by atoms with Gasteiger partial charge in [-0.1, -0.05) is 19.1 Å². The largest absolute Gasteiger partial charge is 0.352 e. The number of nitrogens with one attached hydrogen (secondary N) is 3. The van der Waals surface area contributed by atoms with Crippen LogP contribution >= 0.6 is 0 Å². The van der Waals surface area contributed by atoms with E-state index in [2.05, 4.69) is 16.0 Å². The first kappa shape index (κ1) is 22.4. The Morgan fingerprint density at radius 3 is 2.52 bits per heavy atom. The van der Waals surface area contributed by atoms with Crippen molar-refractivity contribution in [1.82, 2.24) is 15.2 Å². The molecular formula is C22H30N4O3. The maximum Gasteiger partial charge on any atom is 0.257 e. The quantitative estimate of drug-likeness (QED) is 0.636. The Hall–Kier alpha value is -2.93. The van der Waals surface area contributed by atoms with Crippen LogP contribution in [0.3, 0.4) is 0 Å². The molecule has 0 aliphatic carbocycles. The van der Waals surface area contributed by atoms with Crippen LogP contribution in [-0.4, -0.2) is 29.0 Å². The molecule has 3 N–H and O–H groups in total. The lowest BCUT2D eigenvalue weighted by molar-refractivity contribution is -0.122. The zero-order valence-corrected chi connectivity index (χ0v) is 17.8. The molecular weight excluding hydrogens is 368 g/mol. The summed E-state index contributed by atoms with van der Waals surface area (Å²) in [6.45, 7) is 10.6. The summed E-state index contributed by atoms with van der Waals surface area (Å²) in [5.41, 5.74) is 2.89. The molecule has 0 radical (unpaired) electrons. The number of benzene rings is 1. The number of rotatable bonds is 8. The number of carbonyl (C=O) groups is 2. The van der Waals surface area contributed by atoms with Gasteiger partial charge in [-0.15, -0.1) is 0 Å². The van der Waals surface area contributed by atoms with Gasteiger partial charge >= 0.3 is 0 Å². The van der Waals surface area contributed by atoms with Crippen LogP contribution in [0, 0.1) is 13.8 Å². The Morgan fingerprint density at radius 1 is 1.14 bits per heavy atom. The highest BCUT2D eigenvalue weighted by Gasteiger charge is 2.18. The fourth-order valence-electron chi connectivity index (χ4n) is 3.19. The Labute approximate surface area is 171 Å². The van der Waals surface area contributed by atoms with Gasteiger partial charge in [0.15, 0.2) is 0 Å².